The van der Waals surface area contributed by atoms with Crippen LogP contribution >= 0.6 is 0 Å². The van der Waals surface area contributed by atoms with Gasteiger partial charge in [0.2, 0.25) is 0 Å². The van der Waals surface area contributed by atoms with Crippen LogP contribution in [0.4, 0.5) is 11.4 Å². The molecule has 7 aromatic carbocycles. The molecule has 1 aliphatic heterocycles. The monoisotopic (exact) mass is 588 g/mol. The van der Waals surface area contributed by atoms with Crippen LogP contribution in [0.15, 0.2) is 163 Å². The van der Waals surface area contributed by atoms with Crippen molar-refractivity contribution in [3.05, 3.63) is 163 Å². The predicted octanol–water partition coefficient (Wildman–Crippen LogP) is 10.8. The van der Waals surface area contributed by atoms with Crippen LogP contribution in [0.2, 0.25) is 0 Å². The van der Waals surface area contributed by atoms with Gasteiger partial charge in [-0.15, -0.1) is 0 Å². The van der Waals surface area contributed by atoms with E-state index in [0.29, 0.717) is 0 Å². The van der Waals surface area contributed by atoms with Gasteiger partial charge in [0.15, 0.2) is 0 Å². The zero-order valence-corrected chi connectivity index (χ0v) is 24.9. The Kier molecular flexibility index (Phi) is 5.31. The number of nitrogens with one attached hydrogen (secondary N) is 1. The third-order valence-electron chi connectivity index (χ3n) is 9.52. The highest BCUT2D eigenvalue weighted by atomic mass is 15.2. The fourth-order valence-corrected chi connectivity index (χ4v) is 7.51. The highest BCUT2D eigenvalue weighted by Crippen LogP contribution is 2.43. The van der Waals surface area contributed by atoms with E-state index in [-0.39, 0.29) is 6.04 Å². The Balaban J connectivity index is 1.39. The molecule has 0 spiro atoms. The van der Waals surface area contributed by atoms with Crippen LogP contribution in [-0.2, 0) is 0 Å². The Bertz CT molecular complexity index is 2660. The average Bonchev–Trinajstić information content (AvgIpc) is 3.63. The number of hydrogen-bond acceptors (Lipinski definition) is 2. The molecular formula is C42H28N4. The smallest absolute Gasteiger partial charge is 0.141 e. The number of fused-ring (bicyclic) bond motifs is 9. The van der Waals surface area contributed by atoms with Crippen LogP contribution in [0.3, 0.4) is 0 Å². The Labute approximate surface area is 265 Å². The number of rotatable bonds is 2. The highest BCUT2D eigenvalue weighted by Gasteiger charge is 2.29. The average molecular weight is 589 g/mol. The van der Waals surface area contributed by atoms with Gasteiger partial charge in [0.25, 0.3) is 0 Å². The number of benzene rings is 7. The molecular weight excluding hydrogens is 560 g/mol. The number of aromatic nitrogens is 2. The second-order valence-electron chi connectivity index (χ2n) is 12.1. The van der Waals surface area contributed by atoms with Gasteiger partial charge in [0.1, 0.15) is 11.9 Å². The van der Waals surface area contributed by atoms with Gasteiger partial charge in [-0.1, -0.05) is 109 Å². The Morgan fingerprint density at radius 1 is 0.478 bits per heavy atom. The molecule has 1 unspecified atom stereocenters. The SMILES string of the molecule is c1ccc(C2Nc3ccccc3N=C2n2c3cc4c(cc3c3c5ccccc5ccc32)c2ccccc2n4-c2ccccc2)cc1. The summed E-state index contributed by atoms with van der Waals surface area (Å²) in [7, 11) is 0. The zero-order chi connectivity index (χ0) is 30.2. The first kappa shape index (κ1) is 25.2. The van der Waals surface area contributed by atoms with Crippen LogP contribution in [0, 0.1) is 0 Å². The lowest BCUT2D eigenvalue weighted by Gasteiger charge is -2.29. The zero-order valence-electron chi connectivity index (χ0n) is 24.9. The van der Waals surface area contributed by atoms with Gasteiger partial charge in [0, 0.05) is 27.2 Å². The lowest BCUT2D eigenvalue weighted by atomic mass is 10.0. The van der Waals surface area contributed by atoms with Gasteiger partial charge in [-0.05, 0) is 64.9 Å². The fourth-order valence-electron chi connectivity index (χ4n) is 7.51. The first-order valence-corrected chi connectivity index (χ1v) is 15.8. The second kappa shape index (κ2) is 9.68. The molecule has 3 heterocycles. The first-order valence-electron chi connectivity index (χ1n) is 15.8. The predicted molar refractivity (Wildman–Crippen MR) is 193 cm³/mol. The summed E-state index contributed by atoms with van der Waals surface area (Å²) >= 11 is 0. The molecule has 2 aromatic heterocycles. The molecule has 10 rings (SSSR count). The van der Waals surface area contributed by atoms with Crippen molar-refractivity contribution in [3.8, 4) is 5.69 Å². The quantitative estimate of drug-likeness (QED) is 0.214. The van der Waals surface area contributed by atoms with Crippen molar-refractivity contribution in [1.82, 2.24) is 9.13 Å². The summed E-state index contributed by atoms with van der Waals surface area (Å²) < 4.78 is 4.80. The maximum absolute atomic E-state index is 5.44. The van der Waals surface area contributed by atoms with E-state index in [4.69, 9.17) is 4.99 Å². The summed E-state index contributed by atoms with van der Waals surface area (Å²) in [5, 5.41) is 11.3. The molecule has 0 aliphatic carbocycles. The van der Waals surface area contributed by atoms with Gasteiger partial charge in [-0.3, -0.25) is 4.57 Å². The van der Waals surface area contributed by atoms with Crippen LogP contribution in [0.25, 0.3) is 60.1 Å². The summed E-state index contributed by atoms with van der Waals surface area (Å²) in [4.78, 5) is 5.44. The summed E-state index contributed by atoms with van der Waals surface area (Å²) in [6.07, 6.45) is 0. The van der Waals surface area contributed by atoms with Gasteiger partial charge in [-0.2, -0.15) is 0 Å². The van der Waals surface area contributed by atoms with Crippen LogP contribution in [-0.4, -0.2) is 15.0 Å². The molecule has 4 nitrogen and oxygen atoms in total. The summed E-state index contributed by atoms with van der Waals surface area (Å²) in [5.74, 6) is 0.960. The van der Waals surface area contributed by atoms with Crippen molar-refractivity contribution in [3.63, 3.8) is 0 Å². The van der Waals surface area contributed by atoms with Gasteiger partial charge < -0.3 is 9.88 Å². The van der Waals surface area contributed by atoms with Crippen molar-refractivity contribution < 1.29 is 0 Å². The minimum absolute atomic E-state index is 0.142. The van der Waals surface area contributed by atoms with E-state index >= 15 is 0 Å². The molecule has 0 radical (unpaired) electrons. The molecule has 1 N–H and O–H groups in total. The number of hydrogen-bond donors (Lipinski definition) is 1. The van der Waals surface area contributed by atoms with Crippen molar-refractivity contribution in [1.29, 1.82) is 0 Å². The number of aliphatic imine (C=N–C) groups is 1. The summed E-state index contributed by atoms with van der Waals surface area (Å²) in [5.41, 5.74) is 8.97. The molecule has 4 heteroatoms. The van der Waals surface area contributed by atoms with Gasteiger partial charge in [-0.25, -0.2) is 4.99 Å². The van der Waals surface area contributed by atoms with Gasteiger partial charge in [0.05, 0.1) is 33.4 Å². The Hall–Kier alpha value is -6.13. The largest absolute Gasteiger partial charge is 0.370 e. The molecule has 0 saturated heterocycles. The highest BCUT2D eigenvalue weighted by molar-refractivity contribution is 6.27. The topological polar surface area (TPSA) is 34.2 Å². The molecule has 46 heavy (non-hydrogen) atoms. The third-order valence-corrected chi connectivity index (χ3v) is 9.52. The molecule has 0 amide bonds. The molecule has 0 bridgehead atoms. The maximum atomic E-state index is 5.44. The fraction of sp³-hybridized carbons (Fsp3) is 0.0238. The van der Waals surface area contributed by atoms with E-state index in [1.165, 1.54) is 48.9 Å². The van der Waals surface area contributed by atoms with Crippen LogP contribution < -0.4 is 5.32 Å². The number of nitrogens with zero attached hydrogens (tertiary/aromatic N) is 3. The molecule has 0 saturated carbocycles. The van der Waals surface area contributed by atoms with E-state index < -0.39 is 0 Å². The minimum Gasteiger partial charge on any atom is -0.370 e. The van der Waals surface area contributed by atoms with E-state index in [1.807, 2.05) is 0 Å². The minimum atomic E-state index is -0.142. The first-order chi connectivity index (χ1) is 22.8. The molecule has 1 atom stereocenters. The molecule has 9 aromatic rings. The van der Waals surface area contributed by atoms with Gasteiger partial charge >= 0.3 is 0 Å². The lowest BCUT2D eigenvalue weighted by Crippen LogP contribution is -2.29. The second-order valence-corrected chi connectivity index (χ2v) is 12.1. The Morgan fingerprint density at radius 2 is 1.17 bits per heavy atom. The number of para-hydroxylation sites is 4. The van der Waals surface area contributed by atoms with E-state index in [0.717, 1.165) is 33.9 Å². The van der Waals surface area contributed by atoms with Crippen LogP contribution in [0.1, 0.15) is 11.6 Å². The van der Waals surface area contributed by atoms with Crippen molar-refractivity contribution in [2.75, 3.05) is 5.32 Å². The molecule has 0 fully saturated rings. The maximum Gasteiger partial charge on any atom is 0.141 e. The van der Waals surface area contributed by atoms with E-state index in [1.54, 1.807) is 0 Å². The van der Waals surface area contributed by atoms with Crippen molar-refractivity contribution >= 4 is 71.6 Å². The third kappa shape index (κ3) is 3.58. The standard InChI is InChI=1S/C42H28N4/c1-3-14-28(15-4-1)41-42(44-35-21-11-10-20-34(35)43-41)46-37-24-23-27-13-7-8-18-30(27)40(37)33-25-32-31-19-9-12-22-36(31)45(38(32)26-39(33)46)29-16-5-2-6-17-29/h1-26,41,43H. The number of anilines is 1. The lowest BCUT2D eigenvalue weighted by molar-refractivity contribution is 0.962. The Morgan fingerprint density at radius 3 is 2.04 bits per heavy atom. The molecule has 216 valence electrons. The summed E-state index contributed by atoms with van der Waals surface area (Å²) in [6, 6.07) is 56.4. The van der Waals surface area contributed by atoms with Crippen molar-refractivity contribution in [2.24, 2.45) is 4.99 Å². The van der Waals surface area contributed by atoms with E-state index in [2.05, 4.69) is 172 Å². The molecule has 1 aliphatic rings. The van der Waals surface area contributed by atoms with E-state index in [9.17, 15) is 0 Å². The normalized spacial score (nSPS) is 14.6. The van der Waals surface area contributed by atoms with Crippen molar-refractivity contribution in [2.45, 2.75) is 6.04 Å². The van der Waals surface area contributed by atoms with Crippen LogP contribution in [0.5, 0.6) is 0 Å². The summed E-state index contributed by atoms with van der Waals surface area (Å²) in [6.45, 7) is 0.